The lowest BCUT2D eigenvalue weighted by Gasteiger charge is -2.27. The maximum absolute atomic E-state index is 11.3. The molecule has 1 amide bonds. The first-order valence-electron chi connectivity index (χ1n) is 5.25. The van der Waals surface area contributed by atoms with E-state index < -0.39 is 4.92 Å². The van der Waals surface area contributed by atoms with Gasteiger partial charge in [-0.15, -0.1) is 0 Å². The molecule has 2 heterocycles. The van der Waals surface area contributed by atoms with E-state index in [-0.39, 0.29) is 24.0 Å². The van der Waals surface area contributed by atoms with Crippen LogP contribution in [0.5, 0.6) is 0 Å². The third-order valence-electron chi connectivity index (χ3n) is 2.54. The summed E-state index contributed by atoms with van der Waals surface area (Å²) >= 11 is 0. The molecule has 4 N–H and O–H groups in total. The van der Waals surface area contributed by atoms with Crippen LogP contribution in [-0.4, -0.2) is 35.4 Å². The number of pyridine rings is 1. The molecule has 1 aliphatic heterocycles. The van der Waals surface area contributed by atoms with Gasteiger partial charge >= 0.3 is 5.69 Å². The lowest BCUT2D eigenvalue weighted by atomic mass is 10.3. The van der Waals surface area contributed by atoms with E-state index in [1.54, 1.807) is 4.90 Å². The molecule has 1 aromatic rings. The summed E-state index contributed by atoms with van der Waals surface area (Å²) in [6.07, 6.45) is 0. The summed E-state index contributed by atoms with van der Waals surface area (Å²) in [5, 5.41) is 13.6. The summed E-state index contributed by atoms with van der Waals surface area (Å²) < 4.78 is 0. The molecule has 9 heteroatoms. The van der Waals surface area contributed by atoms with Gasteiger partial charge in [0, 0.05) is 19.2 Å². The Labute approximate surface area is 102 Å². The average Bonchev–Trinajstić information content (AvgIpc) is 2.38. The molecule has 0 bridgehead atoms. The standard InChI is InChI=1S/C9H12N6O3/c10-13-7-2-1-6(15(17)18)9(12-7)14-4-3-11-8(16)5-14/h1-2H,3-5,10H2,(H,11,16)(H,12,13). The van der Waals surface area contributed by atoms with Gasteiger partial charge in [-0.25, -0.2) is 10.8 Å². The van der Waals surface area contributed by atoms with Crippen LogP contribution in [0.2, 0.25) is 0 Å². The largest absolute Gasteiger partial charge is 0.353 e. The number of nitrogen functional groups attached to an aromatic ring is 1. The number of nitrogens with two attached hydrogens (primary N) is 1. The van der Waals surface area contributed by atoms with Crippen LogP contribution in [0.25, 0.3) is 0 Å². The van der Waals surface area contributed by atoms with E-state index in [1.807, 2.05) is 0 Å². The summed E-state index contributed by atoms with van der Waals surface area (Å²) in [5.41, 5.74) is 2.17. The van der Waals surface area contributed by atoms with Crippen molar-refractivity contribution in [3.8, 4) is 0 Å². The fraction of sp³-hybridized carbons (Fsp3) is 0.333. The molecule has 0 atom stereocenters. The van der Waals surface area contributed by atoms with Crippen LogP contribution in [-0.2, 0) is 4.79 Å². The Morgan fingerprint density at radius 2 is 2.33 bits per heavy atom. The van der Waals surface area contributed by atoms with Crippen LogP contribution in [0.4, 0.5) is 17.3 Å². The van der Waals surface area contributed by atoms with Gasteiger partial charge in [0.15, 0.2) is 0 Å². The third-order valence-corrected chi connectivity index (χ3v) is 2.54. The Morgan fingerprint density at radius 3 is 2.94 bits per heavy atom. The summed E-state index contributed by atoms with van der Waals surface area (Å²) in [4.78, 5) is 27.3. The number of carbonyl (C=O) groups is 1. The second-order valence-corrected chi connectivity index (χ2v) is 3.71. The summed E-state index contributed by atoms with van der Waals surface area (Å²) in [6.45, 7) is 0.938. The summed E-state index contributed by atoms with van der Waals surface area (Å²) in [6, 6.07) is 2.72. The smallest absolute Gasteiger partial charge is 0.311 e. The van der Waals surface area contributed by atoms with E-state index in [4.69, 9.17) is 5.84 Å². The quantitative estimate of drug-likeness (QED) is 0.365. The normalized spacial score (nSPS) is 15.2. The Bertz CT molecular complexity index is 491. The predicted molar refractivity (Wildman–Crippen MR) is 63.9 cm³/mol. The Balaban J connectivity index is 2.39. The number of piperazine rings is 1. The minimum Gasteiger partial charge on any atom is -0.353 e. The molecule has 0 radical (unpaired) electrons. The monoisotopic (exact) mass is 252 g/mol. The zero-order valence-electron chi connectivity index (χ0n) is 9.42. The third kappa shape index (κ3) is 2.30. The average molecular weight is 252 g/mol. The van der Waals surface area contributed by atoms with Crippen LogP contribution in [0, 0.1) is 10.1 Å². The molecule has 9 nitrogen and oxygen atoms in total. The van der Waals surface area contributed by atoms with Gasteiger partial charge in [0.25, 0.3) is 0 Å². The molecule has 1 fully saturated rings. The van der Waals surface area contributed by atoms with E-state index in [1.165, 1.54) is 12.1 Å². The van der Waals surface area contributed by atoms with Crippen molar-refractivity contribution in [3.63, 3.8) is 0 Å². The number of nitrogens with one attached hydrogen (secondary N) is 2. The second-order valence-electron chi connectivity index (χ2n) is 3.71. The van der Waals surface area contributed by atoms with Crippen LogP contribution in [0.1, 0.15) is 0 Å². The highest BCUT2D eigenvalue weighted by Gasteiger charge is 2.25. The minimum atomic E-state index is -0.533. The number of hydrogen-bond donors (Lipinski definition) is 3. The van der Waals surface area contributed by atoms with Crippen molar-refractivity contribution < 1.29 is 9.72 Å². The number of aromatic nitrogens is 1. The van der Waals surface area contributed by atoms with Crippen molar-refractivity contribution in [2.45, 2.75) is 0 Å². The molecule has 18 heavy (non-hydrogen) atoms. The highest BCUT2D eigenvalue weighted by atomic mass is 16.6. The number of hydrazine groups is 1. The molecular formula is C9H12N6O3. The number of nitrogens with zero attached hydrogens (tertiary/aromatic N) is 3. The van der Waals surface area contributed by atoms with Crippen molar-refractivity contribution >= 4 is 23.2 Å². The first-order valence-corrected chi connectivity index (χ1v) is 5.25. The molecule has 0 spiro atoms. The molecule has 1 aromatic heterocycles. The highest BCUT2D eigenvalue weighted by molar-refractivity contribution is 5.83. The zero-order chi connectivity index (χ0) is 13.1. The Kier molecular flexibility index (Phi) is 3.24. The first kappa shape index (κ1) is 12.0. The van der Waals surface area contributed by atoms with Crippen LogP contribution < -0.4 is 21.5 Å². The maximum atomic E-state index is 11.3. The number of hydrogen-bond acceptors (Lipinski definition) is 7. The number of amides is 1. The van der Waals surface area contributed by atoms with Crippen LogP contribution in [0.3, 0.4) is 0 Å². The van der Waals surface area contributed by atoms with E-state index in [0.717, 1.165) is 0 Å². The lowest BCUT2D eigenvalue weighted by molar-refractivity contribution is -0.384. The molecule has 0 aliphatic carbocycles. The Morgan fingerprint density at radius 1 is 1.56 bits per heavy atom. The number of nitro groups is 1. The van der Waals surface area contributed by atoms with E-state index >= 15 is 0 Å². The maximum Gasteiger partial charge on any atom is 0.311 e. The van der Waals surface area contributed by atoms with Gasteiger partial charge < -0.3 is 15.6 Å². The van der Waals surface area contributed by atoms with Crippen molar-refractivity contribution in [1.82, 2.24) is 10.3 Å². The minimum absolute atomic E-state index is 0.0435. The topological polar surface area (TPSA) is 126 Å². The fourth-order valence-corrected chi connectivity index (χ4v) is 1.72. The van der Waals surface area contributed by atoms with Crippen LogP contribution in [0.15, 0.2) is 12.1 Å². The molecule has 1 saturated heterocycles. The number of rotatable bonds is 3. The van der Waals surface area contributed by atoms with Crippen molar-refractivity contribution in [1.29, 1.82) is 0 Å². The van der Waals surface area contributed by atoms with Crippen molar-refractivity contribution in [2.24, 2.45) is 5.84 Å². The van der Waals surface area contributed by atoms with Gasteiger partial charge in [-0.1, -0.05) is 0 Å². The van der Waals surface area contributed by atoms with Crippen molar-refractivity contribution in [2.75, 3.05) is 30.0 Å². The van der Waals surface area contributed by atoms with E-state index in [9.17, 15) is 14.9 Å². The molecule has 0 saturated carbocycles. The van der Waals surface area contributed by atoms with Gasteiger partial charge in [-0.05, 0) is 6.07 Å². The molecular weight excluding hydrogens is 240 g/mol. The molecule has 0 unspecified atom stereocenters. The SMILES string of the molecule is NNc1ccc([N+](=O)[O-])c(N2CCNC(=O)C2)n1. The van der Waals surface area contributed by atoms with Gasteiger partial charge in [0.05, 0.1) is 11.5 Å². The summed E-state index contributed by atoms with van der Waals surface area (Å²) in [7, 11) is 0. The van der Waals surface area contributed by atoms with Gasteiger partial charge in [-0.3, -0.25) is 14.9 Å². The van der Waals surface area contributed by atoms with Gasteiger partial charge in [0.2, 0.25) is 11.7 Å². The van der Waals surface area contributed by atoms with Crippen molar-refractivity contribution in [3.05, 3.63) is 22.2 Å². The lowest BCUT2D eigenvalue weighted by Crippen LogP contribution is -2.48. The molecule has 96 valence electrons. The fourth-order valence-electron chi connectivity index (χ4n) is 1.72. The van der Waals surface area contributed by atoms with Crippen LogP contribution >= 0.6 is 0 Å². The number of anilines is 2. The van der Waals surface area contributed by atoms with E-state index in [0.29, 0.717) is 18.9 Å². The Hall–Kier alpha value is -2.42. The number of carbonyl (C=O) groups excluding carboxylic acids is 1. The van der Waals surface area contributed by atoms with E-state index in [2.05, 4.69) is 15.7 Å². The highest BCUT2D eigenvalue weighted by Crippen LogP contribution is 2.27. The first-order chi connectivity index (χ1) is 8.61. The zero-order valence-corrected chi connectivity index (χ0v) is 9.42. The predicted octanol–water partition coefficient (Wildman–Crippen LogP) is -0.788. The van der Waals surface area contributed by atoms with Gasteiger partial charge in [-0.2, -0.15) is 0 Å². The summed E-state index contributed by atoms with van der Waals surface area (Å²) in [5.74, 6) is 5.48. The second kappa shape index (κ2) is 4.84. The van der Waals surface area contributed by atoms with Gasteiger partial charge in [0.1, 0.15) is 5.82 Å². The molecule has 2 rings (SSSR count). The molecule has 1 aliphatic rings. The molecule has 0 aromatic carbocycles.